The van der Waals surface area contributed by atoms with Crippen molar-refractivity contribution in [2.45, 2.75) is 6.42 Å². The van der Waals surface area contributed by atoms with Crippen LogP contribution in [0.5, 0.6) is 11.5 Å². The first-order valence-corrected chi connectivity index (χ1v) is 8.22. The number of fused-ring (bicyclic) bond motifs is 1. The lowest BCUT2D eigenvalue weighted by atomic mass is 10.1. The summed E-state index contributed by atoms with van der Waals surface area (Å²) >= 11 is 0. The summed E-state index contributed by atoms with van der Waals surface area (Å²) in [6.45, 7) is 0. The van der Waals surface area contributed by atoms with Crippen LogP contribution < -0.4 is 9.47 Å². The lowest BCUT2D eigenvalue weighted by Gasteiger charge is -2.08. The molecule has 0 atom stereocenters. The van der Waals surface area contributed by atoms with Gasteiger partial charge < -0.3 is 14.5 Å². The fourth-order valence-electron chi connectivity index (χ4n) is 2.96. The largest absolute Gasteiger partial charge is 0.497 e. The summed E-state index contributed by atoms with van der Waals surface area (Å²) in [7, 11) is 3.28. The first kappa shape index (κ1) is 16.1. The van der Waals surface area contributed by atoms with Gasteiger partial charge in [0.05, 0.1) is 19.9 Å². The van der Waals surface area contributed by atoms with Crippen molar-refractivity contribution in [1.29, 1.82) is 0 Å². The molecule has 1 N–H and O–H groups in total. The van der Waals surface area contributed by atoms with Crippen molar-refractivity contribution in [2.24, 2.45) is 0 Å². The number of hydrogen-bond acceptors (Lipinski definition) is 5. The van der Waals surface area contributed by atoms with E-state index in [9.17, 15) is 0 Å². The van der Waals surface area contributed by atoms with Gasteiger partial charge in [-0.2, -0.15) is 0 Å². The molecule has 1 aromatic carbocycles. The van der Waals surface area contributed by atoms with Crippen molar-refractivity contribution in [2.75, 3.05) is 14.2 Å². The number of H-pyrrole nitrogens is 1. The standard InChI is InChI=1S/C20H18N4O2/c1-25-14-7-13(8-15(10-14)26-2)9-20-22-6-4-19(24-20)17-12-23-18-3-5-21-11-16(17)18/h3-8,10-12,23H,9H2,1-2H3. The molecule has 26 heavy (non-hydrogen) atoms. The number of aromatic nitrogens is 4. The van der Waals surface area contributed by atoms with Crippen LogP contribution in [0, 0.1) is 0 Å². The van der Waals surface area contributed by atoms with Crippen LogP contribution in [0.3, 0.4) is 0 Å². The molecule has 0 saturated heterocycles. The highest BCUT2D eigenvalue weighted by molar-refractivity contribution is 5.93. The summed E-state index contributed by atoms with van der Waals surface area (Å²) in [5, 5.41) is 1.04. The van der Waals surface area contributed by atoms with Gasteiger partial charge in [-0.15, -0.1) is 0 Å². The maximum atomic E-state index is 5.33. The molecule has 0 aliphatic heterocycles. The third-order valence-electron chi connectivity index (χ3n) is 4.24. The molecule has 4 rings (SSSR count). The molecular formula is C20H18N4O2. The highest BCUT2D eigenvalue weighted by Crippen LogP contribution is 2.27. The Morgan fingerprint density at radius 3 is 2.58 bits per heavy atom. The van der Waals surface area contributed by atoms with E-state index in [-0.39, 0.29) is 0 Å². The molecule has 0 saturated carbocycles. The summed E-state index contributed by atoms with van der Waals surface area (Å²) in [5.41, 5.74) is 3.94. The summed E-state index contributed by atoms with van der Waals surface area (Å²) in [6, 6.07) is 9.64. The second-order valence-corrected chi connectivity index (χ2v) is 5.88. The lowest BCUT2D eigenvalue weighted by molar-refractivity contribution is 0.393. The Hall–Kier alpha value is -3.41. The van der Waals surface area contributed by atoms with Crippen molar-refractivity contribution in [1.82, 2.24) is 19.9 Å². The zero-order valence-corrected chi connectivity index (χ0v) is 14.6. The molecule has 6 nitrogen and oxygen atoms in total. The van der Waals surface area contributed by atoms with E-state index in [1.54, 1.807) is 26.6 Å². The van der Waals surface area contributed by atoms with Crippen molar-refractivity contribution in [3.05, 3.63) is 66.5 Å². The maximum Gasteiger partial charge on any atom is 0.133 e. The predicted octanol–water partition coefficient (Wildman–Crippen LogP) is 3.63. The molecule has 0 radical (unpaired) electrons. The van der Waals surface area contributed by atoms with E-state index in [0.29, 0.717) is 6.42 Å². The van der Waals surface area contributed by atoms with Gasteiger partial charge in [0.1, 0.15) is 17.3 Å². The van der Waals surface area contributed by atoms with Gasteiger partial charge in [-0.3, -0.25) is 4.98 Å². The second-order valence-electron chi connectivity index (χ2n) is 5.88. The molecule has 0 aliphatic carbocycles. The maximum absolute atomic E-state index is 5.33. The average molecular weight is 346 g/mol. The van der Waals surface area contributed by atoms with E-state index in [2.05, 4.69) is 15.0 Å². The minimum Gasteiger partial charge on any atom is -0.497 e. The lowest BCUT2D eigenvalue weighted by Crippen LogP contribution is -1.99. The van der Waals surface area contributed by atoms with Crippen LogP contribution in [0.1, 0.15) is 11.4 Å². The van der Waals surface area contributed by atoms with Gasteiger partial charge in [-0.05, 0) is 29.8 Å². The van der Waals surface area contributed by atoms with E-state index in [1.807, 2.05) is 42.7 Å². The number of benzene rings is 1. The molecule has 130 valence electrons. The zero-order chi connectivity index (χ0) is 17.9. The number of aromatic amines is 1. The Labute approximate surface area is 150 Å². The first-order chi connectivity index (χ1) is 12.8. The third kappa shape index (κ3) is 3.09. The SMILES string of the molecule is COc1cc(Cc2nccc(-c3c[nH]c4ccncc34)n2)cc(OC)c1. The van der Waals surface area contributed by atoms with Gasteiger partial charge in [0, 0.05) is 53.7 Å². The van der Waals surface area contributed by atoms with Crippen LogP contribution in [0.15, 0.2) is 55.1 Å². The van der Waals surface area contributed by atoms with Crippen molar-refractivity contribution in [3.8, 4) is 22.8 Å². The number of rotatable bonds is 5. The summed E-state index contributed by atoms with van der Waals surface area (Å²) < 4.78 is 10.7. The number of methoxy groups -OCH3 is 2. The second kappa shape index (κ2) is 6.84. The van der Waals surface area contributed by atoms with E-state index in [0.717, 1.165) is 45.0 Å². The van der Waals surface area contributed by atoms with Gasteiger partial charge in [0.2, 0.25) is 0 Å². The molecule has 3 aromatic heterocycles. The summed E-state index contributed by atoms with van der Waals surface area (Å²) in [6.07, 6.45) is 7.93. The van der Waals surface area contributed by atoms with Crippen LogP contribution in [0.2, 0.25) is 0 Å². The minimum atomic E-state index is 0.585. The van der Waals surface area contributed by atoms with Crippen LogP contribution in [0.4, 0.5) is 0 Å². The molecule has 0 aliphatic rings. The fourth-order valence-corrected chi connectivity index (χ4v) is 2.96. The monoisotopic (exact) mass is 346 g/mol. The van der Waals surface area contributed by atoms with Gasteiger partial charge in [-0.25, -0.2) is 9.97 Å². The molecule has 0 bridgehead atoms. The number of nitrogens with zero attached hydrogens (tertiary/aromatic N) is 3. The minimum absolute atomic E-state index is 0.585. The molecule has 0 fully saturated rings. The van der Waals surface area contributed by atoms with E-state index >= 15 is 0 Å². The molecule has 0 unspecified atom stereocenters. The Morgan fingerprint density at radius 2 is 1.81 bits per heavy atom. The Balaban J connectivity index is 1.68. The number of nitrogens with one attached hydrogen (secondary N) is 1. The van der Waals surface area contributed by atoms with Crippen molar-refractivity contribution < 1.29 is 9.47 Å². The van der Waals surface area contributed by atoms with Gasteiger partial charge in [0.15, 0.2) is 0 Å². The number of hydrogen-bond donors (Lipinski definition) is 1. The van der Waals surface area contributed by atoms with Crippen LogP contribution in [-0.2, 0) is 6.42 Å². The Bertz CT molecular complexity index is 1040. The fraction of sp³-hybridized carbons (Fsp3) is 0.150. The van der Waals surface area contributed by atoms with Gasteiger partial charge in [0.25, 0.3) is 0 Å². The van der Waals surface area contributed by atoms with Crippen LogP contribution in [0.25, 0.3) is 22.2 Å². The predicted molar refractivity (Wildman–Crippen MR) is 99.5 cm³/mol. The smallest absolute Gasteiger partial charge is 0.133 e. The summed E-state index contributed by atoms with van der Waals surface area (Å²) in [5.74, 6) is 2.23. The molecular weight excluding hydrogens is 328 g/mol. The van der Waals surface area contributed by atoms with Crippen LogP contribution >= 0.6 is 0 Å². The number of pyridine rings is 1. The normalized spacial score (nSPS) is 10.8. The highest BCUT2D eigenvalue weighted by atomic mass is 16.5. The number of ether oxygens (including phenoxy) is 2. The molecule has 6 heteroatoms. The Kier molecular flexibility index (Phi) is 4.23. The highest BCUT2D eigenvalue weighted by Gasteiger charge is 2.10. The quantitative estimate of drug-likeness (QED) is 0.597. The molecule has 3 heterocycles. The molecule has 0 amide bonds. The Morgan fingerprint density at radius 1 is 1.00 bits per heavy atom. The topological polar surface area (TPSA) is 72.9 Å². The third-order valence-corrected chi connectivity index (χ3v) is 4.24. The summed E-state index contributed by atoms with van der Waals surface area (Å²) in [4.78, 5) is 16.6. The zero-order valence-electron chi connectivity index (χ0n) is 14.6. The van der Waals surface area contributed by atoms with Crippen molar-refractivity contribution >= 4 is 10.9 Å². The van der Waals surface area contributed by atoms with Gasteiger partial charge >= 0.3 is 0 Å². The average Bonchev–Trinajstić information content (AvgIpc) is 3.12. The first-order valence-electron chi connectivity index (χ1n) is 8.22. The van der Waals surface area contributed by atoms with Crippen molar-refractivity contribution in [3.63, 3.8) is 0 Å². The van der Waals surface area contributed by atoms with Crippen LogP contribution in [-0.4, -0.2) is 34.2 Å². The van der Waals surface area contributed by atoms with Gasteiger partial charge in [-0.1, -0.05) is 0 Å². The van der Waals surface area contributed by atoms with E-state index < -0.39 is 0 Å². The van der Waals surface area contributed by atoms with E-state index in [4.69, 9.17) is 14.5 Å². The van der Waals surface area contributed by atoms with E-state index in [1.165, 1.54) is 0 Å². The molecule has 0 spiro atoms. The molecule has 4 aromatic rings.